The van der Waals surface area contributed by atoms with Crippen LogP contribution in [-0.2, 0) is 16.1 Å². The van der Waals surface area contributed by atoms with Crippen molar-refractivity contribution < 1.29 is 18.8 Å². The molecule has 0 aliphatic rings. The molecule has 3 N–H and O–H groups in total. The number of halogens is 1. The van der Waals surface area contributed by atoms with Crippen molar-refractivity contribution in [2.75, 3.05) is 16.4 Å². The number of nitrogens with one attached hydrogen (secondary N) is 3. The number of para-hydroxylation sites is 1. The van der Waals surface area contributed by atoms with Crippen LogP contribution < -0.4 is 16.0 Å². The summed E-state index contributed by atoms with van der Waals surface area (Å²) < 4.78 is 15.7. The number of nitrogens with zero attached hydrogens (tertiary/aromatic N) is 1. The van der Waals surface area contributed by atoms with Gasteiger partial charge in [0, 0.05) is 50.2 Å². The van der Waals surface area contributed by atoms with Crippen LogP contribution in [0, 0.1) is 5.82 Å². The topological polar surface area (TPSA) is 92.2 Å². The highest BCUT2D eigenvalue weighted by atomic mass is 32.2. The summed E-state index contributed by atoms with van der Waals surface area (Å²) in [6, 6.07) is 35.5. The molecule has 0 saturated heterocycles. The summed E-state index contributed by atoms with van der Waals surface area (Å²) in [4.78, 5) is 39.8. The minimum atomic E-state index is -0.544. The lowest BCUT2D eigenvalue weighted by Gasteiger charge is -2.12. The summed E-state index contributed by atoms with van der Waals surface area (Å²) in [6.07, 6.45) is 1.48. The molecule has 7 nitrogen and oxygen atoms in total. The molecule has 0 radical (unpaired) electrons. The second-order valence-electron chi connectivity index (χ2n) is 10.7. The number of aryl methyl sites for hydroxylation is 1. The number of fused-ring (bicyclic) bond motifs is 3. The Morgan fingerprint density at radius 3 is 2.17 bits per heavy atom. The van der Waals surface area contributed by atoms with Gasteiger partial charge in [-0.1, -0.05) is 48.5 Å². The molecule has 0 atom stereocenters. The Labute approximate surface area is 275 Å². The fourth-order valence-corrected chi connectivity index (χ4v) is 6.02. The van der Waals surface area contributed by atoms with Crippen LogP contribution in [0.3, 0.4) is 0 Å². The smallest absolute Gasteiger partial charge is 0.272 e. The zero-order valence-corrected chi connectivity index (χ0v) is 26.3. The largest absolute Gasteiger partial charge is 0.341 e. The Morgan fingerprint density at radius 2 is 1.43 bits per heavy atom. The fourth-order valence-electron chi connectivity index (χ4n) is 5.32. The van der Waals surface area contributed by atoms with Crippen LogP contribution in [0.25, 0.3) is 27.9 Å². The van der Waals surface area contributed by atoms with Gasteiger partial charge in [0.05, 0.1) is 5.75 Å². The van der Waals surface area contributed by atoms with E-state index in [-0.39, 0.29) is 17.4 Å². The SMILES string of the molecule is CCn1c2ccccc2c2cc(NC(=O)CSc3ccc(NC(=O)/C(=C/c4ccc(F)cc4)NC(=O)c4ccccc4)cc3)ccc21. The minimum Gasteiger partial charge on any atom is -0.341 e. The first kappa shape index (κ1) is 31.3. The van der Waals surface area contributed by atoms with Crippen LogP contribution in [0.2, 0.25) is 0 Å². The van der Waals surface area contributed by atoms with Crippen molar-refractivity contribution in [3.63, 3.8) is 0 Å². The quantitative estimate of drug-likeness (QED) is 0.104. The monoisotopic (exact) mass is 642 g/mol. The van der Waals surface area contributed by atoms with Crippen molar-refractivity contribution in [3.05, 3.63) is 144 Å². The minimum absolute atomic E-state index is 0.00182. The number of benzene rings is 5. The van der Waals surface area contributed by atoms with E-state index in [0.717, 1.165) is 33.4 Å². The average Bonchev–Trinajstić information content (AvgIpc) is 3.41. The van der Waals surface area contributed by atoms with Gasteiger partial charge in [0.1, 0.15) is 11.5 Å². The second-order valence-corrected chi connectivity index (χ2v) is 11.8. The van der Waals surface area contributed by atoms with E-state index in [0.29, 0.717) is 16.8 Å². The third kappa shape index (κ3) is 7.43. The fraction of sp³-hybridized carbons (Fsp3) is 0.0789. The van der Waals surface area contributed by atoms with E-state index in [9.17, 15) is 18.8 Å². The summed E-state index contributed by atoms with van der Waals surface area (Å²) in [6.45, 7) is 2.98. The Balaban J connectivity index is 1.09. The molecule has 3 amide bonds. The van der Waals surface area contributed by atoms with Crippen LogP contribution >= 0.6 is 11.8 Å². The molecule has 47 heavy (non-hydrogen) atoms. The molecule has 6 aromatic rings. The molecule has 0 spiro atoms. The summed E-state index contributed by atoms with van der Waals surface area (Å²) in [5.41, 5.74) is 4.47. The summed E-state index contributed by atoms with van der Waals surface area (Å²) >= 11 is 1.38. The third-order valence-corrected chi connectivity index (χ3v) is 8.58. The molecule has 0 fully saturated rings. The Bertz CT molecular complexity index is 2110. The van der Waals surface area contributed by atoms with E-state index in [1.165, 1.54) is 47.6 Å². The highest BCUT2D eigenvalue weighted by Crippen LogP contribution is 2.31. The first-order valence-corrected chi connectivity index (χ1v) is 16.1. The summed E-state index contributed by atoms with van der Waals surface area (Å²) in [5.74, 6) is -1.33. The lowest BCUT2D eigenvalue weighted by molar-refractivity contribution is -0.114. The number of hydrogen-bond donors (Lipinski definition) is 3. The Hall–Kier alpha value is -5.67. The van der Waals surface area contributed by atoms with Gasteiger partial charge in [-0.25, -0.2) is 4.39 Å². The van der Waals surface area contributed by atoms with E-state index in [1.807, 2.05) is 42.5 Å². The molecule has 0 aliphatic heterocycles. The number of rotatable bonds is 10. The molecule has 5 aromatic carbocycles. The molecule has 0 saturated carbocycles. The molecule has 6 rings (SSSR count). The van der Waals surface area contributed by atoms with Crippen molar-refractivity contribution >= 4 is 68.7 Å². The molecule has 9 heteroatoms. The number of aromatic nitrogens is 1. The van der Waals surface area contributed by atoms with Crippen LogP contribution in [0.1, 0.15) is 22.8 Å². The van der Waals surface area contributed by atoms with E-state index in [2.05, 4.69) is 39.6 Å². The highest BCUT2D eigenvalue weighted by molar-refractivity contribution is 8.00. The number of anilines is 2. The second kappa shape index (κ2) is 14.2. The van der Waals surface area contributed by atoms with Crippen molar-refractivity contribution in [2.24, 2.45) is 0 Å². The summed E-state index contributed by atoms with van der Waals surface area (Å²) in [7, 11) is 0. The number of amides is 3. The van der Waals surface area contributed by atoms with Crippen LogP contribution in [-0.4, -0.2) is 28.0 Å². The normalized spacial score (nSPS) is 11.4. The predicted octanol–water partition coefficient (Wildman–Crippen LogP) is 8.09. The van der Waals surface area contributed by atoms with Gasteiger partial charge in [0.2, 0.25) is 5.91 Å². The molecule has 1 aromatic heterocycles. The number of carbonyl (C=O) groups is 3. The van der Waals surface area contributed by atoms with Crippen molar-refractivity contribution in [3.8, 4) is 0 Å². The standard InChI is InChI=1S/C38H31FN4O3S/c1-2-43-34-11-7-6-10-31(34)32-23-29(18-21-35(32)43)40-36(44)24-47-30-19-16-28(17-20-30)41-38(46)33(22-25-12-14-27(39)15-13-25)42-37(45)26-8-4-3-5-9-26/h3-23H,2,24H2,1H3,(H,40,44)(H,41,46)(H,42,45)/b33-22-. The third-order valence-electron chi connectivity index (χ3n) is 7.56. The van der Waals surface area contributed by atoms with E-state index in [1.54, 1.807) is 42.5 Å². The number of thioether (sulfide) groups is 1. The molecular formula is C38H31FN4O3S. The van der Waals surface area contributed by atoms with Gasteiger partial charge in [-0.3, -0.25) is 14.4 Å². The zero-order chi connectivity index (χ0) is 32.8. The molecule has 0 aliphatic carbocycles. The van der Waals surface area contributed by atoms with Gasteiger partial charge in [-0.15, -0.1) is 11.8 Å². The van der Waals surface area contributed by atoms with E-state index >= 15 is 0 Å². The molecule has 234 valence electrons. The first-order valence-electron chi connectivity index (χ1n) is 15.1. The maximum absolute atomic E-state index is 13.4. The van der Waals surface area contributed by atoms with E-state index in [4.69, 9.17) is 0 Å². The number of hydrogen-bond acceptors (Lipinski definition) is 4. The lowest BCUT2D eigenvalue weighted by atomic mass is 10.1. The van der Waals surface area contributed by atoms with Gasteiger partial charge in [-0.05, 0) is 91.4 Å². The lowest BCUT2D eigenvalue weighted by Crippen LogP contribution is -2.30. The van der Waals surface area contributed by atoms with Crippen LogP contribution in [0.5, 0.6) is 0 Å². The first-order chi connectivity index (χ1) is 22.9. The Kier molecular flexibility index (Phi) is 9.45. The van der Waals surface area contributed by atoms with Gasteiger partial charge in [0.25, 0.3) is 11.8 Å². The van der Waals surface area contributed by atoms with Crippen molar-refractivity contribution in [1.82, 2.24) is 9.88 Å². The average molecular weight is 643 g/mol. The Morgan fingerprint density at radius 1 is 0.745 bits per heavy atom. The summed E-state index contributed by atoms with van der Waals surface area (Å²) in [5, 5.41) is 10.7. The predicted molar refractivity (Wildman–Crippen MR) is 188 cm³/mol. The van der Waals surface area contributed by atoms with Gasteiger partial charge < -0.3 is 20.5 Å². The van der Waals surface area contributed by atoms with Crippen LogP contribution in [0.15, 0.2) is 132 Å². The zero-order valence-electron chi connectivity index (χ0n) is 25.5. The molecule has 0 unspecified atom stereocenters. The van der Waals surface area contributed by atoms with Gasteiger partial charge >= 0.3 is 0 Å². The molecular weight excluding hydrogens is 612 g/mol. The highest BCUT2D eigenvalue weighted by Gasteiger charge is 2.16. The van der Waals surface area contributed by atoms with Gasteiger partial charge in [0.15, 0.2) is 0 Å². The maximum Gasteiger partial charge on any atom is 0.272 e. The van der Waals surface area contributed by atoms with E-state index < -0.39 is 17.6 Å². The maximum atomic E-state index is 13.4. The van der Waals surface area contributed by atoms with Gasteiger partial charge in [-0.2, -0.15) is 0 Å². The van der Waals surface area contributed by atoms with Crippen LogP contribution in [0.4, 0.5) is 15.8 Å². The molecule has 0 bridgehead atoms. The molecule has 1 heterocycles. The van der Waals surface area contributed by atoms with Crippen molar-refractivity contribution in [1.29, 1.82) is 0 Å². The van der Waals surface area contributed by atoms with Crippen molar-refractivity contribution in [2.45, 2.75) is 18.4 Å². The number of carbonyl (C=O) groups excluding carboxylic acids is 3.